The Morgan fingerprint density at radius 2 is 2.00 bits per heavy atom. The number of carbonyl (C=O) groups excluding carboxylic acids is 1. The predicted molar refractivity (Wildman–Crippen MR) is 92.4 cm³/mol. The van der Waals surface area contributed by atoms with Crippen molar-refractivity contribution in [1.82, 2.24) is 14.8 Å². The van der Waals surface area contributed by atoms with Gasteiger partial charge in [0, 0.05) is 45.0 Å². The van der Waals surface area contributed by atoms with Gasteiger partial charge in [-0.15, -0.1) is 0 Å². The van der Waals surface area contributed by atoms with E-state index in [2.05, 4.69) is 14.8 Å². The molecule has 1 aromatic rings. The van der Waals surface area contributed by atoms with Crippen molar-refractivity contribution >= 4 is 11.7 Å². The number of hydrogen-bond acceptors (Lipinski definition) is 5. The fourth-order valence-corrected chi connectivity index (χ4v) is 4.10. The highest BCUT2D eigenvalue weighted by atomic mass is 16.5. The molecule has 3 saturated heterocycles. The summed E-state index contributed by atoms with van der Waals surface area (Å²) in [6, 6.07) is 4.33. The molecule has 3 aliphatic heterocycles. The molecule has 6 nitrogen and oxygen atoms in total. The number of piperazine rings is 1. The van der Waals surface area contributed by atoms with Gasteiger partial charge in [-0.1, -0.05) is 6.42 Å². The van der Waals surface area contributed by atoms with Crippen molar-refractivity contribution in [3.8, 4) is 0 Å². The number of nitrogens with zero attached hydrogens (tertiary/aromatic N) is 4. The summed E-state index contributed by atoms with van der Waals surface area (Å²) in [5.74, 6) is 0.951. The first-order valence-electron chi connectivity index (χ1n) is 9.14. The standard InChI is InChI=1S/C18H26N4O2/c23-18(22-9-8-20-7-2-1-4-15(20)14-22)16-5-3-6-19-17(16)21-10-12-24-13-11-21/h3,5-6,15H,1-2,4,7-14H2/t15-/m1/s1. The highest BCUT2D eigenvalue weighted by molar-refractivity contribution is 5.99. The van der Waals surface area contributed by atoms with Gasteiger partial charge in [-0.3, -0.25) is 9.69 Å². The molecule has 0 N–H and O–H groups in total. The Morgan fingerprint density at radius 3 is 2.88 bits per heavy atom. The predicted octanol–water partition coefficient (Wildman–Crippen LogP) is 1.23. The van der Waals surface area contributed by atoms with E-state index in [0.717, 1.165) is 44.1 Å². The summed E-state index contributed by atoms with van der Waals surface area (Å²) >= 11 is 0. The molecule has 4 heterocycles. The van der Waals surface area contributed by atoms with E-state index in [1.165, 1.54) is 25.8 Å². The summed E-state index contributed by atoms with van der Waals surface area (Å²) < 4.78 is 5.43. The van der Waals surface area contributed by atoms with Crippen LogP contribution in [-0.4, -0.2) is 79.2 Å². The number of amides is 1. The minimum absolute atomic E-state index is 0.134. The average Bonchev–Trinajstić information content (AvgIpc) is 2.68. The number of carbonyl (C=O) groups is 1. The second kappa shape index (κ2) is 7.07. The molecule has 0 unspecified atom stereocenters. The van der Waals surface area contributed by atoms with Gasteiger partial charge in [-0.05, 0) is 31.5 Å². The number of hydrogen-bond donors (Lipinski definition) is 0. The molecule has 6 heteroatoms. The number of rotatable bonds is 2. The lowest BCUT2D eigenvalue weighted by atomic mass is 9.99. The molecule has 4 rings (SSSR count). The number of ether oxygens (including phenoxy) is 1. The molecule has 24 heavy (non-hydrogen) atoms. The van der Waals surface area contributed by atoms with Crippen molar-refractivity contribution in [3.63, 3.8) is 0 Å². The summed E-state index contributed by atoms with van der Waals surface area (Å²) in [5, 5.41) is 0. The van der Waals surface area contributed by atoms with Crippen LogP contribution < -0.4 is 4.90 Å². The molecule has 3 fully saturated rings. The van der Waals surface area contributed by atoms with E-state index < -0.39 is 0 Å². The first-order chi connectivity index (χ1) is 11.8. The molecule has 3 aliphatic rings. The normalized spacial score (nSPS) is 25.4. The molecule has 1 aromatic heterocycles. The van der Waals surface area contributed by atoms with Crippen molar-refractivity contribution in [2.24, 2.45) is 0 Å². The quantitative estimate of drug-likeness (QED) is 0.816. The van der Waals surface area contributed by atoms with E-state index in [9.17, 15) is 4.79 Å². The van der Waals surface area contributed by atoms with Gasteiger partial charge in [0.15, 0.2) is 0 Å². The number of piperidine rings is 1. The highest BCUT2D eigenvalue weighted by Gasteiger charge is 2.32. The number of morpholine rings is 1. The van der Waals surface area contributed by atoms with E-state index in [-0.39, 0.29) is 5.91 Å². The van der Waals surface area contributed by atoms with Gasteiger partial charge in [0.1, 0.15) is 5.82 Å². The van der Waals surface area contributed by atoms with Crippen LogP contribution in [0.25, 0.3) is 0 Å². The Balaban J connectivity index is 1.52. The van der Waals surface area contributed by atoms with Crippen molar-refractivity contribution in [1.29, 1.82) is 0 Å². The second-order valence-electron chi connectivity index (χ2n) is 6.91. The summed E-state index contributed by atoms with van der Waals surface area (Å²) in [7, 11) is 0. The zero-order valence-corrected chi connectivity index (χ0v) is 14.2. The van der Waals surface area contributed by atoms with Gasteiger partial charge in [0.25, 0.3) is 5.91 Å². The van der Waals surface area contributed by atoms with E-state index >= 15 is 0 Å². The van der Waals surface area contributed by atoms with E-state index in [4.69, 9.17) is 4.74 Å². The van der Waals surface area contributed by atoms with Crippen LogP contribution in [0.1, 0.15) is 29.6 Å². The van der Waals surface area contributed by atoms with Gasteiger partial charge < -0.3 is 14.5 Å². The monoisotopic (exact) mass is 330 g/mol. The van der Waals surface area contributed by atoms with E-state index in [1.807, 2.05) is 17.0 Å². The van der Waals surface area contributed by atoms with Gasteiger partial charge in [-0.25, -0.2) is 4.98 Å². The molecular weight excluding hydrogens is 304 g/mol. The third-order valence-electron chi connectivity index (χ3n) is 5.45. The topological polar surface area (TPSA) is 48.9 Å². The fraction of sp³-hybridized carbons (Fsp3) is 0.667. The molecule has 0 aromatic carbocycles. The molecule has 0 saturated carbocycles. The van der Waals surface area contributed by atoms with Gasteiger partial charge in [-0.2, -0.15) is 0 Å². The third-order valence-corrected chi connectivity index (χ3v) is 5.45. The van der Waals surface area contributed by atoms with Crippen molar-refractivity contribution in [3.05, 3.63) is 23.9 Å². The fourth-order valence-electron chi connectivity index (χ4n) is 4.10. The highest BCUT2D eigenvalue weighted by Crippen LogP contribution is 2.25. The maximum Gasteiger partial charge on any atom is 0.257 e. The second-order valence-corrected chi connectivity index (χ2v) is 6.91. The van der Waals surface area contributed by atoms with Crippen LogP contribution in [0.2, 0.25) is 0 Å². The maximum atomic E-state index is 13.1. The lowest BCUT2D eigenvalue weighted by Gasteiger charge is -2.44. The van der Waals surface area contributed by atoms with Crippen LogP contribution in [-0.2, 0) is 4.74 Å². The molecule has 0 radical (unpaired) electrons. The number of anilines is 1. The summed E-state index contributed by atoms with van der Waals surface area (Å²) in [4.78, 5) is 24.4. The summed E-state index contributed by atoms with van der Waals surface area (Å²) in [5.41, 5.74) is 0.739. The lowest BCUT2D eigenvalue weighted by molar-refractivity contribution is 0.0372. The molecule has 1 atom stereocenters. The summed E-state index contributed by atoms with van der Waals surface area (Å²) in [6.45, 7) is 6.88. The molecular formula is C18H26N4O2. The van der Waals surface area contributed by atoms with Crippen LogP contribution in [0.4, 0.5) is 5.82 Å². The van der Waals surface area contributed by atoms with E-state index in [1.54, 1.807) is 6.20 Å². The van der Waals surface area contributed by atoms with Gasteiger partial charge in [0.05, 0.1) is 18.8 Å². The molecule has 0 spiro atoms. The minimum Gasteiger partial charge on any atom is -0.378 e. The summed E-state index contributed by atoms with van der Waals surface area (Å²) in [6.07, 6.45) is 5.58. The van der Waals surface area contributed by atoms with Crippen molar-refractivity contribution < 1.29 is 9.53 Å². The van der Waals surface area contributed by atoms with Crippen molar-refractivity contribution in [2.45, 2.75) is 25.3 Å². The molecule has 0 aliphatic carbocycles. The van der Waals surface area contributed by atoms with E-state index in [0.29, 0.717) is 19.3 Å². The lowest BCUT2D eigenvalue weighted by Crippen LogP contribution is -2.56. The maximum absolute atomic E-state index is 13.1. The zero-order chi connectivity index (χ0) is 16.4. The molecule has 1 amide bonds. The smallest absolute Gasteiger partial charge is 0.257 e. The first-order valence-corrected chi connectivity index (χ1v) is 9.14. The van der Waals surface area contributed by atoms with Crippen LogP contribution in [0.3, 0.4) is 0 Å². The van der Waals surface area contributed by atoms with Crippen LogP contribution in [0, 0.1) is 0 Å². The number of aromatic nitrogens is 1. The molecule has 130 valence electrons. The van der Waals surface area contributed by atoms with Crippen LogP contribution >= 0.6 is 0 Å². The Morgan fingerprint density at radius 1 is 1.12 bits per heavy atom. The molecule has 0 bridgehead atoms. The Kier molecular flexibility index (Phi) is 4.67. The van der Waals surface area contributed by atoms with Crippen LogP contribution in [0.15, 0.2) is 18.3 Å². The third kappa shape index (κ3) is 3.13. The Hall–Kier alpha value is -1.66. The number of fused-ring (bicyclic) bond motifs is 1. The largest absolute Gasteiger partial charge is 0.378 e. The number of pyridine rings is 1. The van der Waals surface area contributed by atoms with Gasteiger partial charge in [0.2, 0.25) is 0 Å². The first kappa shape index (κ1) is 15.8. The Bertz CT molecular complexity index is 588. The minimum atomic E-state index is 0.134. The SMILES string of the molecule is O=C(c1cccnc1N1CCOCC1)N1CCN2CCCC[C@@H]2C1. The average molecular weight is 330 g/mol. The van der Waals surface area contributed by atoms with Crippen LogP contribution in [0.5, 0.6) is 0 Å². The van der Waals surface area contributed by atoms with Gasteiger partial charge >= 0.3 is 0 Å². The van der Waals surface area contributed by atoms with Crippen molar-refractivity contribution in [2.75, 3.05) is 57.4 Å². The Labute approximate surface area is 143 Å². The zero-order valence-electron chi connectivity index (χ0n) is 14.2.